The quantitative estimate of drug-likeness (QED) is 0.745. The molecule has 0 amide bonds. The van der Waals surface area contributed by atoms with E-state index in [1.807, 2.05) is 0 Å². The van der Waals surface area contributed by atoms with Crippen LogP contribution in [0.25, 0.3) is 4.96 Å². The highest BCUT2D eigenvalue weighted by molar-refractivity contribution is 9.10. The maximum Gasteiger partial charge on any atom is 0.193 e. The van der Waals surface area contributed by atoms with Crippen LogP contribution >= 0.6 is 38.6 Å². The van der Waals surface area contributed by atoms with Crippen molar-refractivity contribution in [1.82, 2.24) is 14.7 Å². The molecular formula is C13H14BrN3S2. The van der Waals surface area contributed by atoms with Gasteiger partial charge in [-0.25, -0.2) is 4.98 Å². The Labute approximate surface area is 128 Å². The Morgan fingerprint density at radius 3 is 3.00 bits per heavy atom. The first-order valence-corrected chi connectivity index (χ1v) is 8.70. The Kier molecular flexibility index (Phi) is 4.02. The number of aromatic nitrogens is 2. The molecule has 0 saturated carbocycles. The van der Waals surface area contributed by atoms with Crippen molar-refractivity contribution >= 4 is 43.6 Å². The molecule has 1 atom stereocenters. The minimum absolute atomic E-state index is 0.323. The molecule has 0 saturated heterocycles. The summed E-state index contributed by atoms with van der Waals surface area (Å²) in [4.78, 5) is 7.08. The highest BCUT2D eigenvalue weighted by Gasteiger charge is 2.17. The van der Waals surface area contributed by atoms with Gasteiger partial charge < -0.3 is 5.32 Å². The lowest BCUT2D eigenvalue weighted by Gasteiger charge is -2.15. The van der Waals surface area contributed by atoms with Crippen LogP contribution in [0.15, 0.2) is 33.7 Å². The van der Waals surface area contributed by atoms with Gasteiger partial charge in [0.25, 0.3) is 0 Å². The molecule has 0 aromatic carbocycles. The van der Waals surface area contributed by atoms with Crippen LogP contribution in [0.5, 0.6) is 0 Å². The maximum atomic E-state index is 4.67. The molecule has 100 valence electrons. The second kappa shape index (κ2) is 5.75. The van der Waals surface area contributed by atoms with Crippen LogP contribution in [-0.4, -0.2) is 15.9 Å². The highest BCUT2D eigenvalue weighted by Crippen LogP contribution is 2.31. The lowest BCUT2D eigenvalue weighted by molar-refractivity contribution is 0.552. The Bertz CT molecular complexity index is 642. The number of nitrogens with zero attached hydrogens (tertiary/aromatic N) is 2. The van der Waals surface area contributed by atoms with E-state index in [4.69, 9.17) is 0 Å². The van der Waals surface area contributed by atoms with Gasteiger partial charge in [-0.2, -0.15) is 0 Å². The molecule has 0 aliphatic rings. The van der Waals surface area contributed by atoms with E-state index in [9.17, 15) is 0 Å². The Morgan fingerprint density at radius 2 is 2.32 bits per heavy atom. The number of thiazole rings is 1. The van der Waals surface area contributed by atoms with Crippen molar-refractivity contribution < 1.29 is 0 Å². The number of likely N-dealkylation sites (N-methyl/N-ethyl adjacent to an activating group) is 1. The fourth-order valence-electron chi connectivity index (χ4n) is 2.14. The first-order chi connectivity index (χ1) is 9.28. The van der Waals surface area contributed by atoms with E-state index in [2.05, 4.69) is 66.8 Å². The van der Waals surface area contributed by atoms with Crippen molar-refractivity contribution in [3.63, 3.8) is 0 Å². The van der Waals surface area contributed by atoms with Crippen molar-refractivity contribution in [2.24, 2.45) is 0 Å². The summed E-state index contributed by atoms with van der Waals surface area (Å²) in [6.07, 6.45) is 5.10. The average Bonchev–Trinajstić information content (AvgIpc) is 3.03. The van der Waals surface area contributed by atoms with Crippen LogP contribution < -0.4 is 5.32 Å². The summed E-state index contributed by atoms with van der Waals surface area (Å²) in [5.41, 5.74) is 1.14. The van der Waals surface area contributed by atoms with Crippen molar-refractivity contribution in [3.05, 3.63) is 44.3 Å². The molecule has 3 aromatic heterocycles. The fourth-order valence-corrected chi connectivity index (χ4v) is 4.59. The molecule has 0 bridgehead atoms. The number of hydrogen-bond acceptors (Lipinski definition) is 4. The van der Waals surface area contributed by atoms with Crippen LogP contribution in [0.1, 0.15) is 23.5 Å². The van der Waals surface area contributed by atoms with E-state index in [1.165, 1.54) is 9.35 Å². The molecule has 1 unspecified atom stereocenters. The zero-order chi connectivity index (χ0) is 13.2. The molecule has 19 heavy (non-hydrogen) atoms. The van der Waals surface area contributed by atoms with Gasteiger partial charge in [-0.1, -0.05) is 6.92 Å². The number of imidazole rings is 1. The van der Waals surface area contributed by atoms with Crippen molar-refractivity contribution in [2.75, 3.05) is 6.54 Å². The molecular weight excluding hydrogens is 342 g/mol. The van der Waals surface area contributed by atoms with Crippen LogP contribution in [0, 0.1) is 0 Å². The third-order valence-corrected chi connectivity index (χ3v) is 5.72. The molecule has 0 fully saturated rings. The van der Waals surface area contributed by atoms with Gasteiger partial charge in [-0.05, 0) is 33.9 Å². The van der Waals surface area contributed by atoms with Gasteiger partial charge in [0.15, 0.2) is 4.96 Å². The van der Waals surface area contributed by atoms with Gasteiger partial charge in [-0.15, -0.1) is 22.7 Å². The summed E-state index contributed by atoms with van der Waals surface area (Å²) in [5.74, 6) is 0. The smallest absolute Gasteiger partial charge is 0.193 e. The van der Waals surface area contributed by atoms with Gasteiger partial charge >= 0.3 is 0 Å². The standard InChI is InChI=1S/C13H14BrN3S2/c1-2-15-11(12-10(14)3-5-18-12)7-9-8-17-4-6-19-13(17)16-9/h3-6,8,11,15H,2,7H2,1H3. The van der Waals surface area contributed by atoms with Crippen LogP contribution in [-0.2, 0) is 6.42 Å². The monoisotopic (exact) mass is 355 g/mol. The number of rotatable bonds is 5. The van der Waals surface area contributed by atoms with Crippen LogP contribution in [0.3, 0.4) is 0 Å². The maximum absolute atomic E-state index is 4.67. The third-order valence-electron chi connectivity index (χ3n) is 2.97. The summed E-state index contributed by atoms with van der Waals surface area (Å²) in [6, 6.07) is 2.43. The molecule has 3 rings (SSSR count). The Morgan fingerprint density at radius 1 is 1.42 bits per heavy atom. The van der Waals surface area contributed by atoms with E-state index in [0.717, 1.165) is 23.6 Å². The number of nitrogens with one attached hydrogen (secondary N) is 1. The number of hydrogen-bond donors (Lipinski definition) is 1. The van der Waals surface area contributed by atoms with Gasteiger partial charge in [0.2, 0.25) is 0 Å². The highest BCUT2D eigenvalue weighted by atomic mass is 79.9. The van der Waals surface area contributed by atoms with Crippen molar-refractivity contribution in [2.45, 2.75) is 19.4 Å². The number of halogens is 1. The first kappa shape index (κ1) is 13.3. The van der Waals surface area contributed by atoms with Gasteiger partial charge in [-0.3, -0.25) is 4.40 Å². The van der Waals surface area contributed by atoms with E-state index < -0.39 is 0 Å². The second-order valence-corrected chi connectivity index (χ2v) is 6.95. The molecule has 1 N–H and O–H groups in total. The summed E-state index contributed by atoms with van der Waals surface area (Å²) < 4.78 is 3.27. The predicted molar refractivity (Wildman–Crippen MR) is 85.2 cm³/mol. The fraction of sp³-hybridized carbons (Fsp3) is 0.308. The minimum atomic E-state index is 0.323. The van der Waals surface area contributed by atoms with Gasteiger partial charge in [0, 0.05) is 39.6 Å². The zero-order valence-electron chi connectivity index (χ0n) is 10.5. The van der Waals surface area contributed by atoms with Crippen molar-refractivity contribution in [1.29, 1.82) is 0 Å². The Hall–Kier alpha value is -0.690. The summed E-state index contributed by atoms with van der Waals surface area (Å²) in [6.45, 7) is 3.09. The molecule has 0 radical (unpaired) electrons. The van der Waals surface area contributed by atoms with Gasteiger partial charge in [0.05, 0.1) is 5.69 Å². The molecule has 0 aliphatic heterocycles. The summed E-state index contributed by atoms with van der Waals surface area (Å²) >= 11 is 7.08. The first-order valence-electron chi connectivity index (χ1n) is 6.15. The second-order valence-electron chi connectivity index (χ2n) is 4.27. The van der Waals surface area contributed by atoms with Gasteiger partial charge in [0.1, 0.15) is 0 Å². The topological polar surface area (TPSA) is 29.3 Å². The predicted octanol–water partition coefficient (Wildman–Crippen LogP) is 4.11. The molecule has 3 heterocycles. The van der Waals surface area contributed by atoms with Crippen LogP contribution in [0.4, 0.5) is 0 Å². The molecule has 0 aliphatic carbocycles. The van der Waals surface area contributed by atoms with Crippen LogP contribution in [0.2, 0.25) is 0 Å². The zero-order valence-corrected chi connectivity index (χ0v) is 13.7. The average molecular weight is 356 g/mol. The molecule has 6 heteroatoms. The number of fused-ring (bicyclic) bond motifs is 1. The van der Waals surface area contributed by atoms with E-state index >= 15 is 0 Å². The lowest BCUT2D eigenvalue weighted by Crippen LogP contribution is -2.22. The lowest BCUT2D eigenvalue weighted by atomic mass is 10.1. The van der Waals surface area contributed by atoms with E-state index in [1.54, 1.807) is 22.7 Å². The summed E-state index contributed by atoms with van der Waals surface area (Å²) in [7, 11) is 0. The normalized spacial score (nSPS) is 13.2. The molecule has 0 spiro atoms. The number of thiophene rings is 1. The minimum Gasteiger partial charge on any atom is -0.309 e. The Balaban J connectivity index is 1.85. The van der Waals surface area contributed by atoms with E-state index in [0.29, 0.717) is 6.04 Å². The molecule has 3 aromatic rings. The molecule has 3 nitrogen and oxygen atoms in total. The SMILES string of the molecule is CCNC(Cc1cn2ccsc2n1)c1sccc1Br. The third kappa shape index (κ3) is 2.76. The summed E-state index contributed by atoms with van der Waals surface area (Å²) in [5, 5.41) is 7.73. The largest absolute Gasteiger partial charge is 0.309 e. The van der Waals surface area contributed by atoms with E-state index in [-0.39, 0.29) is 0 Å². The van der Waals surface area contributed by atoms with Crippen molar-refractivity contribution in [3.8, 4) is 0 Å².